The molecule has 4 aromatic carbocycles. The van der Waals surface area contributed by atoms with E-state index in [1.54, 1.807) is 0 Å². The highest BCUT2D eigenvalue weighted by Gasteiger charge is 2.47. The summed E-state index contributed by atoms with van der Waals surface area (Å²) in [5.74, 6) is 1.24. The summed E-state index contributed by atoms with van der Waals surface area (Å²) in [6.45, 7) is 4.74. The molecule has 1 aromatic heterocycles. The van der Waals surface area contributed by atoms with Gasteiger partial charge >= 0.3 is 0 Å². The fraction of sp³-hybridized carbons (Fsp3) is 0.216. The summed E-state index contributed by atoms with van der Waals surface area (Å²) < 4.78 is 2.55. The van der Waals surface area contributed by atoms with Crippen LogP contribution in [0.4, 0.5) is 5.69 Å². The Kier molecular flexibility index (Phi) is 6.84. The molecule has 0 spiro atoms. The van der Waals surface area contributed by atoms with Crippen LogP contribution in [0.15, 0.2) is 151 Å². The molecule has 2 heteroatoms. The molecule has 2 nitrogen and oxygen atoms in total. The first-order chi connectivity index (χ1) is 26.0. The monoisotopic (exact) mass is 684 g/mol. The minimum Gasteiger partial charge on any atom is -0.357 e. The molecule has 0 saturated carbocycles. The average Bonchev–Trinajstić information content (AvgIpc) is 3.81. The lowest BCUT2D eigenvalue weighted by atomic mass is 9.78. The largest absolute Gasteiger partial charge is 0.357 e. The quantitative estimate of drug-likeness (QED) is 0.183. The number of benzene rings is 4. The molecule has 0 radical (unpaired) electrons. The van der Waals surface area contributed by atoms with E-state index in [4.69, 9.17) is 0 Å². The molecule has 0 amide bonds. The normalized spacial score (nSPS) is 25.0. The number of anilines is 1. The molecule has 1 fully saturated rings. The first-order valence-electron chi connectivity index (χ1n) is 19.6. The number of nitrogens with zero attached hydrogens (tertiary/aromatic N) is 2. The molecule has 1 aliphatic heterocycles. The lowest BCUT2D eigenvalue weighted by Gasteiger charge is -2.33. The summed E-state index contributed by atoms with van der Waals surface area (Å²) >= 11 is 0. The van der Waals surface area contributed by atoms with Crippen molar-refractivity contribution in [2.75, 3.05) is 4.90 Å². The molecule has 258 valence electrons. The maximum Gasteiger partial charge on any atom is 0.0552 e. The third-order valence-corrected chi connectivity index (χ3v) is 13.2. The summed E-state index contributed by atoms with van der Waals surface area (Å²) in [6, 6.07) is 36.8. The second-order valence-electron chi connectivity index (χ2n) is 16.3. The Morgan fingerprint density at radius 1 is 0.660 bits per heavy atom. The standard InChI is InChI=1S/C51H44N2/c1-51(2)45-17-9-6-14-39(45)42-32-38(26-27-46(42)51)53-48-19-11-8-16-41(48)44-31-36(23-29-50(44)53)35-22-28-49-43(30-35)40-15-7-10-18-47(40)52(49)37-24-20-34(21-25-37)33-12-4-3-5-13-33/h3-9,11-17,19-21,23-32,35,41,44,48,50H,10,18,22H2,1-2H3. The van der Waals surface area contributed by atoms with Crippen molar-refractivity contribution in [1.82, 2.24) is 4.57 Å². The minimum atomic E-state index is 0.0206. The van der Waals surface area contributed by atoms with Crippen molar-refractivity contribution < 1.29 is 0 Å². The van der Waals surface area contributed by atoms with Gasteiger partial charge in [0.2, 0.25) is 0 Å². The van der Waals surface area contributed by atoms with Gasteiger partial charge in [-0.3, -0.25) is 0 Å². The van der Waals surface area contributed by atoms with Crippen LogP contribution in [0.5, 0.6) is 0 Å². The van der Waals surface area contributed by atoms with Crippen LogP contribution in [0.25, 0.3) is 46.2 Å². The highest BCUT2D eigenvalue weighted by atomic mass is 15.2. The van der Waals surface area contributed by atoms with Gasteiger partial charge in [-0.1, -0.05) is 153 Å². The Morgan fingerprint density at radius 2 is 1.42 bits per heavy atom. The van der Waals surface area contributed by atoms with E-state index in [0.717, 1.165) is 19.3 Å². The van der Waals surface area contributed by atoms with E-state index in [9.17, 15) is 0 Å². The maximum atomic E-state index is 2.71. The van der Waals surface area contributed by atoms with Gasteiger partial charge in [-0.25, -0.2) is 0 Å². The molecule has 11 rings (SSSR count). The van der Waals surface area contributed by atoms with Gasteiger partial charge in [0.15, 0.2) is 0 Å². The van der Waals surface area contributed by atoms with Crippen LogP contribution in [-0.2, 0) is 11.8 Å². The zero-order valence-electron chi connectivity index (χ0n) is 30.5. The Balaban J connectivity index is 0.946. The molecule has 6 aliphatic rings. The summed E-state index contributed by atoms with van der Waals surface area (Å²) in [4.78, 5) is 2.71. The summed E-state index contributed by atoms with van der Waals surface area (Å²) in [7, 11) is 0. The summed E-state index contributed by atoms with van der Waals surface area (Å²) in [5, 5.41) is 2.76. The highest BCUT2D eigenvalue weighted by Crippen LogP contribution is 2.52. The number of fused-ring (bicyclic) bond motifs is 9. The van der Waals surface area contributed by atoms with E-state index >= 15 is 0 Å². The van der Waals surface area contributed by atoms with Crippen molar-refractivity contribution >= 4 is 23.9 Å². The Labute approximate surface area is 312 Å². The Morgan fingerprint density at radius 3 is 2.30 bits per heavy atom. The van der Waals surface area contributed by atoms with Gasteiger partial charge in [-0.15, -0.1) is 0 Å². The van der Waals surface area contributed by atoms with Gasteiger partial charge in [-0.05, 0) is 82.5 Å². The molecule has 1 saturated heterocycles. The third kappa shape index (κ3) is 4.64. The molecular weight excluding hydrogens is 641 g/mol. The lowest BCUT2D eigenvalue weighted by Crippen LogP contribution is -2.37. The summed E-state index contributed by atoms with van der Waals surface area (Å²) in [5.41, 5.74) is 15.1. The molecule has 5 unspecified atom stereocenters. The van der Waals surface area contributed by atoms with Crippen LogP contribution in [0.3, 0.4) is 0 Å². The second kappa shape index (κ2) is 11.7. The average molecular weight is 685 g/mol. The summed E-state index contributed by atoms with van der Waals surface area (Å²) in [6.07, 6.45) is 30.1. The number of rotatable bonds is 4. The van der Waals surface area contributed by atoms with E-state index in [-0.39, 0.29) is 5.41 Å². The Hall–Kier alpha value is -5.60. The number of hydrogen-bond donors (Lipinski definition) is 0. The molecule has 5 atom stereocenters. The van der Waals surface area contributed by atoms with E-state index in [1.807, 2.05) is 0 Å². The van der Waals surface area contributed by atoms with E-state index in [2.05, 4.69) is 187 Å². The van der Waals surface area contributed by atoms with Crippen LogP contribution in [0.2, 0.25) is 0 Å². The lowest BCUT2D eigenvalue weighted by molar-refractivity contribution is 0.520. The van der Waals surface area contributed by atoms with Gasteiger partial charge in [0, 0.05) is 56.4 Å². The van der Waals surface area contributed by atoms with Crippen molar-refractivity contribution in [2.45, 2.75) is 50.6 Å². The molecule has 5 aromatic rings. The van der Waals surface area contributed by atoms with E-state index < -0.39 is 0 Å². The van der Waals surface area contributed by atoms with Gasteiger partial charge in [-0.2, -0.15) is 0 Å². The SMILES string of the molecule is CC1(C)c2ccccc2-c2cc(N3C4C=CC=CC4C4C=C(C5C=c6c7c(n(-c8ccc(-c9ccccc9)cc8)c6=CC5)CCC=C7)C=CC43)ccc21. The topological polar surface area (TPSA) is 8.17 Å². The third-order valence-electron chi connectivity index (χ3n) is 13.2. The molecule has 5 aliphatic carbocycles. The van der Waals surface area contributed by atoms with Crippen LogP contribution >= 0.6 is 0 Å². The molecule has 2 heterocycles. The predicted molar refractivity (Wildman–Crippen MR) is 221 cm³/mol. The molecule has 53 heavy (non-hydrogen) atoms. The van der Waals surface area contributed by atoms with Crippen LogP contribution in [0, 0.1) is 17.8 Å². The van der Waals surface area contributed by atoms with Crippen molar-refractivity contribution in [2.24, 2.45) is 17.8 Å². The zero-order valence-corrected chi connectivity index (χ0v) is 30.5. The van der Waals surface area contributed by atoms with Crippen LogP contribution in [-0.4, -0.2) is 16.7 Å². The van der Waals surface area contributed by atoms with E-state index in [0.29, 0.717) is 29.8 Å². The second-order valence-corrected chi connectivity index (χ2v) is 16.3. The smallest absolute Gasteiger partial charge is 0.0552 e. The molecular formula is C51H44N2. The van der Waals surface area contributed by atoms with E-state index in [1.165, 1.54) is 72.2 Å². The fourth-order valence-corrected chi connectivity index (χ4v) is 10.6. The maximum absolute atomic E-state index is 2.71. The zero-order chi connectivity index (χ0) is 35.3. The minimum absolute atomic E-state index is 0.0206. The van der Waals surface area contributed by atoms with Gasteiger partial charge in [0.05, 0.1) is 12.1 Å². The number of allylic oxidation sites excluding steroid dienone is 5. The van der Waals surface area contributed by atoms with Crippen molar-refractivity contribution in [3.05, 3.63) is 184 Å². The number of hydrogen-bond acceptors (Lipinski definition) is 1. The fourth-order valence-electron chi connectivity index (χ4n) is 10.6. The van der Waals surface area contributed by atoms with Gasteiger partial charge < -0.3 is 9.47 Å². The first-order valence-corrected chi connectivity index (χ1v) is 19.6. The van der Waals surface area contributed by atoms with Crippen LogP contribution in [0.1, 0.15) is 49.1 Å². The predicted octanol–water partition coefficient (Wildman–Crippen LogP) is 10.1. The van der Waals surface area contributed by atoms with Crippen molar-refractivity contribution in [3.8, 4) is 27.9 Å². The van der Waals surface area contributed by atoms with Crippen LogP contribution < -0.4 is 15.5 Å². The Bertz CT molecular complexity index is 2590. The van der Waals surface area contributed by atoms with Crippen molar-refractivity contribution in [1.29, 1.82) is 0 Å². The van der Waals surface area contributed by atoms with Gasteiger partial charge in [0.25, 0.3) is 0 Å². The first kappa shape index (κ1) is 31.0. The molecule has 0 N–H and O–H groups in total. The van der Waals surface area contributed by atoms with Gasteiger partial charge in [0.1, 0.15) is 0 Å². The molecule has 0 bridgehead atoms. The number of aromatic nitrogens is 1. The van der Waals surface area contributed by atoms with Crippen molar-refractivity contribution in [3.63, 3.8) is 0 Å². The highest BCUT2D eigenvalue weighted by molar-refractivity contribution is 5.83.